The highest BCUT2D eigenvalue weighted by Crippen LogP contribution is 2.20. The van der Waals surface area contributed by atoms with Crippen LogP contribution in [0.25, 0.3) is 11.3 Å². The number of hydrogen-bond donors (Lipinski definition) is 1. The Morgan fingerprint density at radius 1 is 1.26 bits per heavy atom. The van der Waals surface area contributed by atoms with Crippen LogP contribution in [0.15, 0.2) is 41.1 Å². The van der Waals surface area contributed by atoms with Crippen molar-refractivity contribution in [1.29, 1.82) is 0 Å². The van der Waals surface area contributed by atoms with E-state index in [4.69, 9.17) is 4.52 Å². The van der Waals surface area contributed by atoms with E-state index in [0.29, 0.717) is 12.3 Å². The Morgan fingerprint density at radius 2 is 2.00 bits per heavy atom. The van der Waals surface area contributed by atoms with Crippen molar-refractivity contribution < 1.29 is 9.32 Å². The van der Waals surface area contributed by atoms with Gasteiger partial charge in [0.05, 0.1) is 5.69 Å². The molecule has 0 aliphatic rings. The molecule has 6 nitrogen and oxygen atoms in total. The van der Waals surface area contributed by atoms with E-state index in [1.54, 1.807) is 10.7 Å². The van der Waals surface area contributed by atoms with Crippen LogP contribution in [-0.2, 0) is 13.6 Å². The summed E-state index contributed by atoms with van der Waals surface area (Å²) in [7, 11) is 1.85. The largest absolute Gasteiger partial charge is 0.355 e. The molecule has 0 aliphatic carbocycles. The molecule has 0 radical (unpaired) electrons. The van der Waals surface area contributed by atoms with Gasteiger partial charge in [0.2, 0.25) is 0 Å². The van der Waals surface area contributed by atoms with Gasteiger partial charge in [-0.2, -0.15) is 5.10 Å². The van der Waals surface area contributed by atoms with Gasteiger partial charge in [0.15, 0.2) is 11.5 Å². The molecule has 3 aromatic rings. The maximum atomic E-state index is 12.2. The van der Waals surface area contributed by atoms with Crippen molar-refractivity contribution in [2.75, 3.05) is 0 Å². The van der Waals surface area contributed by atoms with Crippen molar-refractivity contribution in [3.63, 3.8) is 0 Å². The summed E-state index contributed by atoms with van der Waals surface area (Å²) < 4.78 is 6.99. The minimum Gasteiger partial charge on any atom is -0.355 e. The maximum Gasteiger partial charge on any atom is 0.273 e. The minimum absolute atomic E-state index is 0.266. The van der Waals surface area contributed by atoms with Crippen LogP contribution in [-0.4, -0.2) is 20.8 Å². The Labute approximate surface area is 134 Å². The SMILES string of the molecule is Cc1ccc(-c2cc(C(=O)NCc3cn(C)nc3C)no2)cc1. The zero-order chi connectivity index (χ0) is 16.4. The van der Waals surface area contributed by atoms with E-state index in [-0.39, 0.29) is 11.6 Å². The van der Waals surface area contributed by atoms with Crippen LogP contribution >= 0.6 is 0 Å². The van der Waals surface area contributed by atoms with Crippen LogP contribution in [0.5, 0.6) is 0 Å². The van der Waals surface area contributed by atoms with E-state index >= 15 is 0 Å². The average molecular weight is 310 g/mol. The number of rotatable bonds is 4. The molecule has 0 aliphatic heterocycles. The Bertz CT molecular complexity index is 831. The van der Waals surface area contributed by atoms with Gasteiger partial charge in [-0.25, -0.2) is 0 Å². The molecule has 0 saturated carbocycles. The second kappa shape index (κ2) is 6.08. The molecular weight excluding hydrogens is 292 g/mol. The van der Waals surface area contributed by atoms with Crippen LogP contribution in [0.2, 0.25) is 0 Å². The van der Waals surface area contributed by atoms with Crippen LogP contribution in [0, 0.1) is 13.8 Å². The quantitative estimate of drug-likeness (QED) is 0.804. The topological polar surface area (TPSA) is 73.0 Å². The molecule has 0 unspecified atom stereocenters. The predicted molar refractivity (Wildman–Crippen MR) is 85.8 cm³/mol. The summed E-state index contributed by atoms with van der Waals surface area (Å²) in [6.07, 6.45) is 1.89. The predicted octanol–water partition coefficient (Wildman–Crippen LogP) is 2.62. The first-order chi connectivity index (χ1) is 11.0. The van der Waals surface area contributed by atoms with Gasteiger partial charge in [0.25, 0.3) is 5.91 Å². The van der Waals surface area contributed by atoms with Crippen molar-refractivity contribution in [2.24, 2.45) is 7.05 Å². The maximum absolute atomic E-state index is 12.2. The van der Waals surface area contributed by atoms with Crippen LogP contribution in [0.1, 0.15) is 27.3 Å². The van der Waals surface area contributed by atoms with Gasteiger partial charge >= 0.3 is 0 Å². The number of amides is 1. The number of nitrogens with one attached hydrogen (secondary N) is 1. The van der Waals surface area contributed by atoms with Crippen molar-refractivity contribution in [2.45, 2.75) is 20.4 Å². The average Bonchev–Trinajstić information content (AvgIpc) is 3.12. The van der Waals surface area contributed by atoms with Crippen molar-refractivity contribution in [3.8, 4) is 11.3 Å². The van der Waals surface area contributed by atoms with Gasteiger partial charge in [0.1, 0.15) is 0 Å². The zero-order valence-electron chi connectivity index (χ0n) is 13.3. The highest BCUT2D eigenvalue weighted by Gasteiger charge is 2.14. The first-order valence-corrected chi connectivity index (χ1v) is 7.34. The van der Waals surface area contributed by atoms with E-state index in [2.05, 4.69) is 15.6 Å². The molecule has 1 amide bonds. The molecule has 3 rings (SSSR count). The van der Waals surface area contributed by atoms with Gasteiger partial charge in [0, 0.05) is 37.0 Å². The van der Waals surface area contributed by atoms with E-state index in [1.807, 2.05) is 51.4 Å². The van der Waals surface area contributed by atoms with Gasteiger partial charge in [-0.3, -0.25) is 9.48 Å². The number of nitrogens with zero attached hydrogens (tertiary/aromatic N) is 3. The van der Waals surface area contributed by atoms with Gasteiger partial charge < -0.3 is 9.84 Å². The standard InChI is InChI=1S/C17H18N4O2/c1-11-4-6-13(7-5-11)16-8-15(20-23-16)17(22)18-9-14-10-21(3)19-12(14)2/h4-8,10H,9H2,1-3H3,(H,18,22). The first-order valence-electron chi connectivity index (χ1n) is 7.34. The number of aromatic nitrogens is 3. The smallest absolute Gasteiger partial charge is 0.273 e. The Hall–Kier alpha value is -2.89. The highest BCUT2D eigenvalue weighted by molar-refractivity contribution is 5.93. The lowest BCUT2D eigenvalue weighted by molar-refractivity contribution is 0.0942. The third-order valence-electron chi connectivity index (χ3n) is 3.63. The van der Waals surface area contributed by atoms with E-state index in [0.717, 1.165) is 22.4 Å². The first kappa shape index (κ1) is 15.0. The van der Waals surface area contributed by atoms with Gasteiger partial charge in [-0.05, 0) is 13.8 Å². The molecule has 23 heavy (non-hydrogen) atoms. The number of carbonyl (C=O) groups excluding carboxylic acids is 1. The molecule has 0 spiro atoms. The molecule has 2 aromatic heterocycles. The molecule has 2 heterocycles. The fourth-order valence-electron chi connectivity index (χ4n) is 2.32. The third kappa shape index (κ3) is 3.31. The Balaban J connectivity index is 1.69. The molecule has 0 atom stereocenters. The van der Waals surface area contributed by atoms with Crippen molar-refractivity contribution in [3.05, 3.63) is 59.0 Å². The summed E-state index contributed by atoms with van der Waals surface area (Å²) in [4.78, 5) is 12.2. The Kier molecular flexibility index (Phi) is 3.97. The molecule has 0 fully saturated rings. The summed E-state index contributed by atoms with van der Waals surface area (Å²) in [5, 5.41) is 10.9. The summed E-state index contributed by atoms with van der Waals surface area (Å²) >= 11 is 0. The van der Waals surface area contributed by atoms with Crippen molar-refractivity contribution >= 4 is 5.91 Å². The number of hydrogen-bond acceptors (Lipinski definition) is 4. The lowest BCUT2D eigenvalue weighted by Crippen LogP contribution is -2.23. The molecule has 1 aromatic carbocycles. The fourth-order valence-corrected chi connectivity index (χ4v) is 2.32. The number of aryl methyl sites for hydroxylation is 3. The highest BCUT2D eigenvalue weighted by atomic mass is 16.5. The zero-order valence-corrected chi connectivity index (χ0v) is 13.3. The molecular formula is C17H18N4O2. The molecule has 0 bridgehead atoms. The molecule has 0 saturated heterocycles. The summed E-state index contributed by atoms with van der Waals surface area (Å²) in [6, 6.07) is 9.51. The van der Waals surface area contributed by atoms with Crippen LogP contribution in [0.3, 0.4) is 0 Å². The lowest BCUT2D eigenvalue weighted by atomic mass is 10.1. The monoisotopic (exact) mass is 310 g/mol. The van der Waals surface area contributed by atoms with E-state index < -0.39 is 0 Å². The fraction of sp³-hybridized carbons (Fsp3) is 0.235. The molecule has 1 N–H and O–H groups in total. The molecule has 6 heteroatoms. The van der Waals surface area contributed by atoms with Crippen LogP contribution < -0.4 is 5.32 Å². The third-order valence-corrected chi connectivity index (χ3v) is 3.63. The Morgan fingerprint density at radius 3 is 2.65 bits per heavy atom. The minimum atomic E-state index is -0.268. The summed E-state index contributed by atoms with van der Waals surface area (Å²) in [6.45, 7) is 4.34. The van der Waals surface area contributed by atoms with E-state index in [1.165, 1.54) is 0 Å². The number of benzene rings is 1. The number of carbonyl (C=O) groups is 1. The summed E-state index contributed by atoms with van der Waals surface area (Å²) in [5.41, 5.74) is 4.20. The lowest BCUT2D eigenvalue weighted by Gasteiger charge is -2.00. The van der Waals surface area contributed by atoms with Gasteiger partial charge in [-0.1, -0.05) is 35.0 Å². The van der Waals surface area contributed by atoms with E-state index in [9.17, 15) is 4.79 Å². The second-order valence-corrected chi connectivity index (χ2v) is 5.54. The molecule has 118 valence electrons. The summed E-state index contributed by atoms with van der Waals surface area (Å²) in [5.74, 6) is 0.308. The normalized spacial score (nSPS) is 10.7. The van der Waals surface area contributed by atoms with Crippen LogP contribution in [0.4, 0.5) is 0 Å². The van der Waals surface area contributed by atoms with Gasteiger partial charge in [-0.15, -0.1) is 0 Å². The van der Waals surface area contributed by atoms with Crippen molar-refractivity contribution in [1.82, 2.24) is 20.3 Å². The second-order valence-electron chi connectivity index (χ2n) is 5.54.